The summed E-state index contributed by atoms with van der Waals surface area (Å²) in [6, 6.07) is 0. The van der Waals surface area contributed by atoms with E-state index in [1.54, 1.807) is 6.92 Å². The molecule has 0 amide bonds. The first-order valence-corrected chi connectivity index (χ1v) is 3.79. The first-order valence-electron chi connectivity index (χ1n) is 3.79. The van der Waals surface area contributed by atoms with Gasteiger partial charge in [-0.25, -0.2) is 0 Å². The molecule has 5 heteroatoms. The summed E-state index contributed by atoms with van der Waals surface area (Å²) in [6.45, 7) is 1.95. The van der Waals surface area contributed by atoms with Crippen molar-refractivity contribution in [2.75, 3.05) is 6.61 Å². The lowest BCUT2D eigenvalue weighted by Gasteiger charge is -2.03. The van der Waals surface area contributed by atoms with Crippen molar-refractivity contribution in [2.24, 2.45) is 5.92 Å². The molecule has 0 aromatic carbocycles. The molecule has 1 fully saturated rings. The van der Waals surface area contributed by atoms with Crippen LogP contribution in [-0.4, -0.2) is 19.8 Å². The van der Waals surface area contributed by atoms with Gasteiger partial charge < -0.3 is 13.4 Å². The largest absolute Gasteiger partial charge is 0.481 e. The minimum atomic E-state index is -3.09. The van der Waals surface area contributed by atoms with E-state index in [1.165, 1.54) is 0 Å². The molecule has 2 nitrogen and oxygen atoms in total. The fourth-order valence-electron chi connectivity index (χ4n) is 1.13. The number of hydrogen-bond donors (Lipinski definition) is 0. The summed E-state index contributed by atoms with van der Waals surface area (Å²) >= 11 is 0. The second kappa shape index (κ2) is 3.20. The summed E-state index contributed by atoms with van der Waals surface area (Å²) in [6.07, 6.45) is 0.325. The summed E-state index contributed by atoms with van der Waals surface area (Å²) in [5, 5.41) is 0. The van der Waals surface area contributed by atoms with Crippen LogP contribution >= 0.6 is 0 Å². The van der Waals surface area contributed by atoms with Crippen LogP contribution in [0.1, 0.15) is 13.3 Å². The second-order valence-corrected chi connectivity index (χ2v) is 2.76. The number of ether oxygens (including phenoxy) is 1. The monoisotopic (exact) mass is 163 g/mol. The fraction of sp³-hybridized carbons (Fsp3) is 0.833. The van der Waals surface area contributed by atoms with Crippen LogP contribution in [0.4, 0.5) is 8.63 Å². The Morgan fingerprint density at radius 2 is 2.36 bits per heavy atom. The molecule has 1 rings (SSSR count). The van der Waals surface area contributed by atoms with Crippen LogP contribution in [0, 0.1) is 5.92 Å². The van der Waals surface area contributed by atoms with Gasteiger partial charge in [-0.15, -0.1) is 0 Å². The van der Waals surface area contributed by atoms with Gasteiger partial charge in [0.25, 0.3) is 7.27 Å². The average Bonchev–Trinajstić information content (AvgIpc) is 2.65. The van der Waals surface area contributed by atoms with E-state index in [0.29, 0.717) is 6.42 Å². The van der Waals surface area contributed by atoms with Gasteiger partial charge in [0.1, 0.15) is 0 Å². The molecule has 1 saturated carbocycles. The third-order valence-electron chi connectivity index (χ3n) is 1.91. The Morgan fingerprint density at radius 1 is 1.73 bits per heavy atom. The minimum absolute atomic E-state index is 0.278. The van der Waals surface area contributed by atoms with Crippen molar-refractivity contribution in [2.45, 2.75) is 19.2 Å². The van der Waals surface area contributed by atoms with E-state index in [4.69, 9.17) is 0 Å². The number of hydrogen-bond acceptors (Lipinski definition) is 2. The van der Waals surface area contributed by atoms with Crippen LogP contribution in [0.3, 0.4) is 0 Å². The van der Waals surface area contributed by atoms with Crippen molar-refractivity contribution < 1.29 is 18.2 Å². The van der Waals surface area contributed by atoms with Crippen molar-refractivity contribution in [3.8, 4) is 0 Å². The predicted octanol–water partition coefficient (Wildman–Crippen LogP) is 1.10. The van der Waals surface area contributed by atoms with Crippen LogP contribution in [0.2, 0.25) is 5.82 Å². The van der Waals surface area contributed by atoms with Gasteiger partial charge in [0, 0.05) is 5.92 Å². The number of esters is 1. The van der Waals surface area contributed by atoms with Gasteiger partial charge in [0.15, 0.2) is 0 Å². The lowest BCUT2D eigenvalue weighted by atomic mass is 9.88. The summed E-state index contributed by atoms with van der Waals surface area (Å²) in [7, 11) is -3.09. The maximum absolute atomic E-state index is 11.9. The molecule has 0 heterocycles. The van der Waals surface area contributed by atoms with E-state index in [2.05, 4.69) is 4.74 Å². The highest BCUT2D eigenvalue weighted by atomic mass is 19.2. The highest BCUT2D eigenvalue weighted by Crippen LogP contribution is 2.48. The maximum Gasteiger partial charge on any atom is 0.306 e. The number of carbonyl (C=O) groups is 1. The number of carbonyl (C=O) groups excluding carboxylic acids is 1. The van der Waals surface area contributed by atoms with Crippen molar-refractivity contribution in [3.05, 3.63) is 0 Å². The number of rotatable bonds is 3. The Labute approximate surface area is 64.1 Å². The van der Waals surface area contributed by atoms with E-state index < -0.39 is 25.0 Å². The van der Waals surface area contributed by atoms with Crippen molar-refractivity contribution in [1.82, 2.24) is 0 Å². The van der Waals surface area contributed by atoms with Gasteiger partial charge in [-0.3, -0.25) is 4.79 Å². The fourth-order valence-corrected chi connectivity index (χ4v) is 1.13. The van der Waals surface area contributed by atoms with Gasteiger partial charge >= 0.3 is 5.97 Å². The Bertz CT molecular complexity index is 163. The molecule has 0 N–H and O–H groups in total. The van der Waals surface area contributed by atoms with Gasteiger partial charge in [0.05, 0.1) is 6.61 Å². The molecule has 0 aromatic rings. The van der Waals surface area contributed by atoms with Crippen molar-refractivity contribution >= 4 is 13.2 Å². The molecule has 1 aliphatic rings. The lowest BCUT2D eigenvalue weighted by molar-refractivity contribution is -0.144. The normalized spacial score (nSPS) is 28.7. The van der Waals surface area contributed by atoms with Crippen LogP contribution in [0.15, 0.2) is 0 Å². The van der Waals surface area contributed by atoms with Crippen LogP contribution < -0.4 is 0 Å². The Kier molecular flexibility index (Phi) is 2.47. The molecule has 11 heavy (non-hydrogen) atoms. The summed E-state index contributed by atoms with van der Waals surface area (Å²) in [5.41, 5.74) is 0. The third-order valence-corrected chi connectivity index (χ3v) is 1.91. The van der Waals surface area contributed by atoms with Crippen molar-refractivity contribution in [1.29, 1.82) is 0 Å². The van der Waals surface area contributed by atoms with Gasteiger partial charge in [0.2, 0.25) is 0 Å². The van der Waals surface area contributed by atoms with Crippen LogP contribution in [-0.2, 0) is 9.53 Å². The molecule has 0 spiro atoms. The van der Waals surface area contributed by atoms with E-state index in [1.807, 2.05) is 0 Å². The first-order chi connectivity index (χ1) is 5.16. The van der Waals surface area contributed by atoms with Gasteiger partial charge in [-0.05, 0) is 6.92 Å². The zero-order valence-electron chi connectivity index (χ0n) is 6.35. The molecule has 0 aliphatic heterocycles. The molecule has 1 aliphatic carbocycles. The summed E-state index contributed by atoms with van der Waals surface area (Å²) in [4.78, 5) is 10.8. The average molecular weight is 163 g/mol. The smallest absolute Gasteiger partial charge is 0.306 e. The first kappa shape index (κ1) is 8.49. The molecule has 0 unspecified atom stereocenters. The predicted molar refractivity (Wildman–Crippen MR) is 37.9 cm³/mol. The molecule has 2 atom stereocenters. The van der Waals surface area contributed by atoms with E-state index >= 15 is 0 Å². The quantitative estimate of drug-likeness (QED) is 0.459. The highest BCUT2D eigenvalue weighted by molar-refractivity contribution is 6.46. The topological polar surface area (TPSA) is 26.3 Å². The molecular formula is C6H10BF2O2-. The van der Waals surface area contributed by atoms with Crippen molar-refractivity contribution in [3.63, 3.8) is 0 Å². The third kappa shape index (κ3) is 1.91. The maximum atomic E-state index is 11.9. The zero-order chi connectivity index (χ0) is 8.43. The summed E-state index contributed by atoms with van der Waals surface area (Å²) < 4.78 is 28.5. The molecule has 0 aromatic heterocycles. The Hall–Kier alpha value is -0.605. The molecule has 64 valence electrons. The Balaban J connectivity index is 2.26. The molecular weight excluding hydrogens is 153 g/mol. The van der Waals surface area contributed by atoms with Gasteiger partial charge in [-0.2, -0.15) is 0 Å². The van der Waals surface area contributed by atoms with Crippen LogP contribution in [0.5, 0.6) is 0 Å². The van der Waals surface area contributed by atoms with E-state index in [0.717, 1.165) is 0 Å². The second-order valence-electron chi connectivity index (χ2n) is 2.76. The van der Waals surface area contributed by atoms with E-state index in [-0.39, 0.29) is 6.61 Å². The number of halogens is 2. The van der Waals surface area contributed by atoms with Gasteiger partial charge in [-0.1, -0.05) is 12.2 Å². The zero-order valence-corrected chi connectivity index (χ0v) is 6.35. The van der Waals surface area contributed by atoms with E-state index in [9.17, 15) is 13.4 Å². The minimum Gasteiger partial charge on any atom is -0.481 e. The SMILES string of the molecule is CCOC(=O)[C@@H]1C[C@@H]1[BH-](F)F. The van der Waals surface area contributed by atoms with Crippen LogP contribution in [0.25, 0.3) is 0 Å². The summed E-state index contributed by atoms with van der Waals surface area (Å²) in [5.74, 6) is -1.61. The highest BCUT2D eigenvalue weighted by Gasteiger charge is 2.44. The Morgan fingerprint density at radius 3 is 2.73 bits per heavy atom. The molecule has 0 radical (unpaired) electrons. The standard InChI is InChI=1S/C6H10BF2O2/c1-2-11-6(10)4-3-5(4)7(8)9/h4-5,7H,2-3H2,1H3/q-1/t4-,5+/m1/s1. The lowest BCUT2D eigenvalue weighted by Crippen LogP contribution is -2.09. The molecule has 0 bridgehead atoms. The molecule has 0 saturated heterocycles.